The summed E-state index contributed by atoms with van der Waals surface area (Å²) in [6.45, 7) is 4.18. The van der Waals surface area contributed by atoms with Gasteiger partial charge in [0.05, 0.1) is 10.7 Å². The number of nitrogens with zero attached hydrogens (tertiary/aromatic N) is 1. The molecule has 2 aromatic heterocycles. The second kappa shape index (κ2) is 3.46. The molecule has 3 rings (SSSR count). The number of thiazole rings is 1. The number of nitrogens with one attached hydrogen (secondary N) is 1. The van der Waals surface area contributed by atoms with Crippen LogP contribution in [0.25, 0.3) is 22.2 Å². The van der Waals surface area contributed by atoms with Crippen LogP contribution in [0.15, 0.2) is 30.5 Å². The van der Waals surface area contributed by atoms with E-state index in [0.717, 1.165) is 10.7 Å². The Morgan fingerprint density at radius 1 is 1.19 bits per heavy atom. The number of hydrogen-bond donors (Lipinski definition) is 1. The predicted molar refractivity (Wildman–Crippen MR) is 68.9 cm³/mol. The lowest BCUT2D eigenvalue weighted by molar-refractivity contribution is 1.29. The van der Waals surface area contributed by atoms with Gasteiger partial charge in [-0.25, -0.2) is 4.98 Å². The van der Waals surface area contributed by atoms with Crippen molar-refractivity contribution < 1.29 is 0 Å². The van der Waals surface area contributed by atoms with E-state index in [1.54, 1.807) is 11.3 Å². The summed E-state index contributed by atoms with van der Waals surface area (Å²) in [4.78, 5) is 9.17. The maximum Gasteiger partial charge on any atom is 0.0904 e. The van der Waals surface area contributed by atoms with Gasteiger partial charge >= 0.3 is 0 Å². The van der Waals surface area contributed by atoms with Crippen LogP contribution >= 0.6 is 11.3 Å². The van der Waals surface area contributed by atoms with Gasteiger partial charge in [0.15, 0.2) is 0 Å². The van der Waals surface area contributed by atoms with Crippen molar-refractivity contribution in [3.8, 4) is 11.3 Å². The van der Waals surface area contributed by atoms with E-state index in [1.807, 2.05) is 12.3 Å². The van der Waals surface area contributed by atoms with Crippen molar-refractivity contribution in [3.63, 3.8) is 0 Å². The molecule has 0 fully saturated rings. The molecule has 2 heterocycles. The first-order valence-electron chi connectivity index (χ1n) is 5.26. The third kappa shape index (κ3) is 1.36. The quantitative estimate of drug-likeness (QED) is 0.672. The minimum absolute atomic E-state index is 1.11. The molecule has 1 N–H and O–H groups in total. The molecule has 3 aromatic rings. The molecule has 0 atom stereocenters. The van der Waals surface area contributed by atoms with Crippen molar-refractivity contribution in [3.05, 3.63) is 40.3 Å². The minimum atomic E-state index is 1.11. The number of para-hydroxylation sites is 1. The summed E-state index contributed by atoms with van der Waals surface area (Å²) in [5, 5.41) is 2.37. The average molecular weight is 228 g/mol. The Balaban J connectivity index is 2.30. The van der Waals surface area contributed by atoms with Crippen LogP contribution in [0.4, 0.5) is 0 Å². The number of benzene rings is 1. The number of H-pyrrole nitrogens is 1. The van der Waals surface area contributed by atoms with Crippen LogP contribution in [0.2, 0.25) is 0 Å². The second-order valence-corrected chi connectivity index (χ2v) is 5.29. The van der Waals surface area contributed by atoms with Gasteiger partial charge in [-0.2, -0.15) is 0 Å². The molecule has 1 aromatic carbocycles. The SMILES string of the molecule is Cc1nc(-c2c[nH]c3ccccc23)c(C)s1. The van der Waals surface area contributed by atoms with Gasteiger partial charge in [0.2, 0.25) is 0 Å². The number of aromatic nitrogens is 2. The van der Waals surface area contributed by atoms with Crippen molar-refractivity contribution in [1.82, 2.24) is 9.97 Å². The minimum Gasteiger partial charge on any atom is -0.360 e. The summed E-state index contributed by atoms with van der Waals surface area (Å²) in [7, 11) is 0. The molecule has 0 bridgehead atoms. The Bertz CT molecular complexity index is 649. The largest absolute Gasteiger partial charge is 0.360 e. The molecule has 3 heteroatoms. The molecule has 0 radical (unpaired) electrons. The van der Waals surface area contributed by atoms with Crippen molar-refractivity contribution in [2.45, 2.75) is 13.8 Å². The summed E-state index contributed by atoms with van der Waals surface area (Å²) in [5.41, 5.74) is 3.49. The van der Waals surface area contributed by atoms with Crippen LogP contribution < -0.4 is 0 Å². The van der Waals surface area contributed by atoms with E-state index in [0.29, 0.717) is 0 Å². The molecule has 2 nitrogen and oxygen atoms in total. The smallest absolute Gasteiger partial charge is 0.0904 e. The molecule has 0 aliphatic rings. The highest BCUT2D eigenvalue weighted by Gasteiger charge is 2.11. The first kappa shape index (κ1) is 9.60. The summed E-state index contributed by atoms with van der Waals surface area (Å²) in [6.07, 6.45) is 2.05. The number of rotatable bonds is 1. The zero-order valence-corrected chi connectivity index (χ0v) is 10.1. The molecular weight excluding hydrogens is 216 g/mol. The molecule has 0 aliphatic heterocycles. The number of aryl methyl sites for hydroxylation is 2. The zero-order chi connectivity index (χ0) is 11.1. The van der Waals surface area contributed by atoms with E-state index in [1.165, 1.54) is 21.3 Å². The van der Waals surface area contributed by atoms with Gasteiger partial charge in [-0.15, -0.1) is 11.3 Å². The topological polar surface area (TPSA) is 28.7 Å². The Kier molecular flexibility index (Phi) is 2.07. The number of aromatic amines is 1. The monoisotopic (exact) mass is 228 g/mol. The first-order chi connectivity index (χ1) is 7.75. The van der Waals surface area contributed by atoms with Crippen LogP contribution in [0.3, 0.4) is 0 Å². The zero-order valence-electron chi connectivity index (χ0n) is 9.24. The molecule has 0 unspecified atom stereocenters. The van der Waals surface area contributed by atoms with Crippen LogP contribution in [0.5, 0.6) is 0 Å². The van der Waals surface area contributed by atoms with E-state index in [-0.39, 0.29) is 0 Å². The highest BCUT2D eigenvalue weighted by Crippen LogP contribution is 2.32. The van der Waals surface area contributed by atoms with E-state index < -0.39 is 0 Å². The summed E-state index contributed by atoms with van der Waals surface area (Å²) in [6, 6.07) is 8.33. The fraction of sp³-hybridized carbons (Fsp3) is 0.154. The molecule has 80 valence electrons. The summed E-state index contributed by atoms with van der Waals surface area (Å²) >= 11 is 1.75. The Morgan fingerprint density at radius 2 is 2.00 bits per heavy atom. The van der Waals surface area contributed by atoms with E-state index in [2.05, 4.69) is 42.0 Å². The first-order valence-corrected chi connectivity index (χ1v) is 6.08. The van der Waals surface area contributed by atoms with Crippen molar-refractivity contribution in [2.75, 3.05) is 0 Å². The van der Waals surface area contributed by atoms with Gasteiger partial charge in [0.1, 0.15) is 0 Å². The van der Waals surface area contributed by atoms with Crippen LogP contribution in [-0.2, 0) is 0 Å². The molecular formula is C13H12N2S. The van der Waals surface area contributed by atoms with Gasteiger partial charge in [-0.1, -0.05) is 18.2 Å². The maximum atomic E-state index is 4.60. The van der Waals surface area contributed by atoms with Gasteiger partial charge in [0, 0.05) is 27.5 Å². The lowest BCUT2D eigenvalue weighted by Gasteiger charge is -1.95. The fourth-order valence-electron chi connectivity index (χ4n) is 2.05. The molecule has 0 amide bonds. The van der Waals surface area contributed by atoms with Gasteiger partial charge < -0.3 is 4.98 Å². The van der Waals surface area contributed by atoms with Crippen molar-refractivity contribution in [2.24, 2.45) is 0 Å². The molecule has 0 aliphatic carbocycles. The number of hydrogen-bond acceptors (Lipinski definition) is 2. The Labute approximate surface area is 98.0 Å². The average Bonchev–Trinajstić information content (AvgIpc) is 2.81. The van der Waals surface area contributed by atoms with Crippen LogP contribution in [0, 0.1) is 13.8 Å². The Morgan fingerprint density at radius 3 is 2.75 bits per heavy atom. The number of fused-ring (bicyclic) bond motifs is 1. The molecule has 16 heavy (non-hydrogen) atoms. The maximum absolute atomic E-state index is 4.60. The molecule has 0 saturated carbocycles. The van der Waals surface area contributed by atoms with Gasteiger partial charge in [0.25, 0.3) is 0 Å². The van der Waals surface area contributed by atoms with E-state index in [9.17, 15) is 0 Å². The van der Waals surface area contributed by atoms with Crippen LogP contribution in [-0.4, -0.2) is 9.97 Å². The van der Waals surface area contributed by atoms with Crippen molar-refractivity contribution >= 4 is 22.2 Å². The van der Waals surface area contributed by atoms with E-state index >= 15 is 0 Å². The van der Waals surface area contributed by atoms with Gasteiger partial charge in [-0.3, -0.25) is 0 Å². The highest BCUT2D eigenvalue weighted by molar-refractivity contribution is 7.11. The highest BCUT2D eigenvalue weighted by atomic mass is 32.1. The fourth-order valence-corrected chi connectivity index (χ4v) is 2.88. The Hall–Kier alpha value is -1.61. The predicted octanol–water partition coefficient (Wildman–Crippen LogP) is 3.91. The second-order valence-electron chi connectivity index (χ2n) is 3.89. The summed E-state index contributed by atoms with van der Waals surface area (Å²) < 4.78 is 0. The van der Waals surface area contributed by atoms with Gasteiger partial charge in [-0.05, 0) is 19.9 Å². The molecule has 0 saturated heterocycles. The van der Waals surface area contributed by atoms with Crippen LogP contribution in [0.1, 0.15) is 9.88 Å². The normalized spacial score (nSPS) is 11.1. The standard InChI is InChI=1S/C13H12N2S/c1-8-13(15-9(2)16-8)11-7-14-12-6-4-3-5-10(11)12/h3-7,14H,1-2H3. The summed E-state index contributed by atoms with van der Waals surface area (Å²) in [5.74, 6) is 0. The lowest BCUT2D eigenvalue weighted by Crippen LogP contribution is -1.78. The third-order valence-corrected chi connectivity index (χ3v) is 3.63. The lowest BCUT2D eigenvalue weighted by atomic mass is 10.1. The molecule has 0 spiro atoms. The third-order valence-electron chi connectivity index (χ3n) is 2.75. The van der Waals surface area contributed by atoms with Crippen molar-refractivity contribution in [1.29, 1.82) is 0 Å². The van der Waals surface area contributed by atoms with E-state index in [4.69, 9.17) is 0 Å².